The van der Waals surface area contributed by atoms with E-state index in [1.807, 2.05) is 19.9 Å². The molecular formula is C13H14ClN3O. The van der Waals surface area contributed by atoms with Gasteiger partial charge in [0.2, 0.25) is 0 Å². The second-order valence-corrected chi connectivity index (χ2v) is 4.52. The number of hydrogen-bond acceptors (Lipinski definition) is 4. The van der Waals surface area contributed by atoms with Gasteiger partial charge in [0.25, 0.3) is 0 Å². The summed E-state index contributed by atoms with van der Waals surface area (Å²) in [5.41, 5.74) is 3.55. The van der Waals surface area contributed by atoms with Gasteiger partial charge in [-0.15, -0.1) is 10.2 Å². The molecule has 5 heteroatoms. The van der Waals surface area contributed by atoms with E-state index < -0.39 is 0 Å². The molecule has 1 aromatic carbocycles. The topological polar surface area (TPSA) is 47.9 Å². The fourth-order valence-corrected chi connectivity index (χ4v) is 2.18. The minimum Gasteiger partial charge on any atom is -0.496 e. The van der Waals surface area contributed by atoms with Crippen molar-refractivity contribution in [3.05, 3.63) is 34.2 Å². The Balaban J connectivity index is 2.70. The van der Waals surface area contributed by atoms with Crippen molar-refractivity contribution < 1.29 is 4.74 Å². The van der Waals surface area contributed by atoms with Crippen molar-refractivity contribution in [2.45, 2.75) is 20.8 Å². The normalized spacial score (nSPS) is 10.5. The number of aryl methyl sites for hydroxylation is 3. The molecule has 0 aliphatic rings. The quantitative estimate of drug-likeness (QED) is 0.835. The van der Waals surface area contributed by atoms with Crippen molar-refractivity contribution in [2.24, 2.45) is 0 Å². The van der Waals surface area contributed by atoms with E-state index in [2.05, 4.69) is 21.2 Å². The molecule has 0 unspecified atom stereocenters. The monoisotopic (exact) mass is 263 g/mol. The Morgan fingerprint density at radius 1 is 1.11 bits per heavy atom. The molecule has 1 heterocycles. The number of ether oxygens (including phenoxy) is 1. The van der Waals surface area contributed by atoms with Crippen LogP contribution in [0.15, 0.2) is 12.1 Å². The molecule has 0 aliphatic heterocycles. The van der Waals surface area contributed by atoms with Crippen molar-refractivity contribution in [1.82, 2.24) is 15.2 Å². The van der Waals surface area contributed by atoms with Gasteiger partial charge >= 0.3 is 0 Å². The maximum absolute atomic E-state index is 6.14. The number of hydrogen-bond donors (Lipinski definition) is 0. The molecular weight excluding hydrogens is 250 g/mol. The summed E-state index contributed by atoms with van der Waals surface area (Å²) in [6.45, 7) is 5.75. The molecule has 0 N–H and O–H groups in total. The third-order valence-corrected chi connectivity index (χ3v) is 2.91. The third kappa shape index (κ3) is 2.29. The van der Waals surface area contributed by atoms with E-state index in [9.17, 15) is 0 Å². The largest absolute Gasteiger partial charge is 0.496 e. The van der Waals surface area contributed by atoms with Crippen molar-refractivity contribution in [3.8, 4) is 17.0 Å². The highest BCUT2D eigenvalue weighted by atomic mass is 35.5. The van der Waals surface area contributed by atoms with Crippen LogP contribution >= 0.6 is 11.6 Å². The van der Waals surface area contributed by atoms with Crippen LogP contribution in [0.25, 0.3) is 11.3 Å². The molecule has 0 saturated heterocycles. The lowest BCUT2D eigenvalue weighted by Crippen LogP contribution is -2.00. The molecule has 0 atom stereocenters. The van der Waals surface area contributed by atoms with Crippen LogP contribution in [0, 0.1) is 20.8 Å². The molecule has 0 aliphatic carbocycles. The highest BCUT2D eigenvalue weighted by Crippen LogP contribution is 2.35. The van der Waals surface area contributed by atoms with Gasteiger partial charge in [0.1, 0.15) is 17.3 Å². The summed E-state index contributed by atoms with van der Waals surface area (Å²) in [7, 11) is 1.63. The average Bonchev–Trinajstić information content (AvgIpc) is 2.29. The molecule has 0 saturated carbocycles. The Morgan fingerprint density at radius 2 is 1.83 bits per heavy atom. The molecule has 4 nitrogen and oxygen atoms in total. The molecule has 2 aromatic rings. The van der Waals surface area contributed by atoms with E-state index in [0.29, 0.717) is 16.7 Å². The van der Waals surface area contributed by atoms with Gasteiger partial charge in [-0.25, -0.2) is 4.98 Å². The first kappa shape index (κ1) is 12.8. The molecule has 1 aromatic heterocycles. The number of methoxy groups -OCH3 is 1. The second kappa shape index (κ2) is 4.90. The number of aromatic nitrogens is 3. The summed E-state index contributed by atoms with van der Waals surface area (Å²) in [5.74, 6) is 1.28. The van der Waals surface area contributed by atoms with Gasteiger partial charge < -0.3 is 4.74 Å². The van der Waals surface area contributed by atoms with E-state index >= 15 is 0 Å². The standard InChI is InChI=1S/C13H14ClN3O/c1-7-5-8(2)11(10(6-7)18-4)12-13(14)15-9(3)16-17-12/h5-6H,1-4H3. The lowest BCUT2D eigenvalue weighted by molar-refractivity contribution is 0.415. The molecule has 0 amide bonds. The fourth-order valence-electron chi connectivity index (χ4n) is 1.93. The number of rotatable bonds is 2. The number of benzene rings is 1. The van der Waals surface area contributed by atoms with Gasteiger partial charge in [0.15, 0.2) is 5.15 Å². The van der Waals surface area contributed by atoms with Crippen LogP contribution < -0.4 is 4.74 Å². The molecule has 94 valence electrons. The summed E-state index contributed by atoms with van der Waals surface area (Å²) < 4.78 is 5.39. The van der Waals surface area contributed by atoms with Gasteiger partial charge in [-0.05, 0) is 38.0 Å². The first-order valence-corrected chi connectivity index (χ1v) is 5.93. The fraction of sp³-hybridized carbons (Fsp3) is 0.308. The van der Waals surface area contributed by atoms with Crippen LogP contribution in [0.5, 0.6) is 5.75 Å². The molecule has 2 rings (SSSR count). The van der Waals surface area contributed by atoms with Crippen LogP contribution in [0.1, 0.15) is 17.0 Å². The van der Waals surface area contributed by atoms with Crippen molar-refractivity contribution in [2.75, 3.05) is 7.11 Å². The van der Waals surface area contributed by atoms with Gasteiger partial charge in [-0.1, -0.05) is 17.7 Å². The molecule has 0 spiro atoms. The zero-order valence-electron chi connectivity index (χ0n) is 10.8. The SMILES string of the molecule is COc1cc(C)cc(C)c1-c1nnc(C)nc1Cl. The van der Waals surface area contributed by atoms with Gasteiger partial charge in [0, 0.05) is 0 Å². The molecule has 0 fully saturated rings. The summed E-state index contributed by atoms with van der Waals surface area (Å²) in [6.07, 6.45) is 0. The van der Waals surface area contributed by atoms with Crippen LogP contribution in [0.4, 0.5) is 0 Å². The third-order valence-electron chi connectivity index (χ3n) is 2.65. The van der Waals surface area contributed by atoms with Gasteiger partial charge in [0.05, 0.1) is 12.7 Å². The molecule has 18 heavy (non-hydrogen) atoms. The maximum atomic E-state index is 6.14. The highest BCUT2D eigenvalue weighted by Gasteiger charge is 2.16. The van der Waals surface area contributed by atoms with Gasteiger partial charge in [-0.3, -0.25) is 0 Å². The Morgan fingerprint density at radius 3 is 2.44 bits per heavy atom. The van der Waals surface area contributed by atoms with Crippen LogP contribution in [-0.4, -0.2) is 22.3 Å². The minimum absolute atomic E-state index is 0.341. The summed E-state index contributed by atoms with van der Waals surface area (Å²) in [4.78, 5) is 4.13. The zero-order valence-corrected chi connectivity index (χ0v) is 11.5. The van der Waals surface area contributed by atoms with Gasteiger partial charge in [-0.2, -0.15) is 0 Å². The lowest BCUT2D eigenvalue weighted by atomic mass is 10.0. The number of halogens is 1. The van der Waals surface area contributed by atoms with Crippen LogP contribution in [0.2, 0.25) is 5.15 Å². The first-order valence-electron chi connectivity index (χ1n) is 5.55. The van der Waals surface area contributed by atoms with E-state index in [4.69, 9.17) is 16.3 Å². The Bertz CT molecular complexity index is 599. The average molecular weight is 264 g/mol. The minimum atomic E-state index is 0.341. The molecule has 0 radical (unpaired) electrons. The second-order valence-electron chi connectivity index (χ2n) is 4.16. The zero-order chi connectivity index (χ0) is 13.3. The molecule has 0 bridgehead atoms. The van der Waals surface area contributed by atoms with E-state index in [-0.39, 0.29) is 0 Å². The van der Waals surface area contributed by atoms with Crippen LogP contribution in [-0.2, 0) is 0 Å². The Hall–Kier alpha value is -1.68. The summed E-state index contributed by atoms with van der Waals surface area (Å²) >= 11 is 6.14. The van der Waals surface area contributed by atoms with E-state index in [0.717, 1.165) is 22.4 Å². The van der Waals surface area contributed by atoms with Crippen molar-refractivity contribution >= 4 is 11.6 Å². The number of nitrogens with zero attached hydrogens (tertiary/aromatic N) is 3. The van der Waals surface area contributed by atoms with Crippen LogP contribution in [0.3, 0.4) is 0 Å². The Labute approximate surface area is 111 Å². The predicted octanol–water partition coefficient (Wildman–Crippen LogP) is 3.13. The van der Waals surface area contributed by atoms with Crippen molar-refractivity contribution in [1.29, 1.82) is 0 Å². The lowest BCUT2D eigenvalue weighted by Gasteiger charge is -2.12. The predicted molar refractivity (Wildman–Crippen MR) is 71.0 cm³/mol. The highest BCUT2D eigenvalue weighted by molar-refractivity contribution is 6.31. The Kier molecular flexibility index (Phi) is 3.48. The van der Waals surface area contributed by atoms with Crippen molar-refractivity contribution in [3.63, 3.8) is 0 Å². The summed E-state index contributed by atoms with van der Waals surface area (Å²) in [5, 5.41) is 8.42. The smallest absolute Gasteiger partial charge is 0.159 e. The maximum Gasteiger partial charge on any atom is 0.159 e. The summed E-state index contributed by atoms with van der Waals surface area (Å²) in [6, 6.07) is 4.00. The first-order chi connectivity index (χ1) is 8.52. The van der Waals surface area contributed by atoms with E-state index in [1.54, 1.807) is 14.0 Å². The van der Waals surface area contributed by atoms with E-state index in [1.165, 1.54) is 0 Å².